The highest BCUT2D eigenvalue weighted by atomic mass is 32.1. The Bertz CT molecular complexity index is 949. The van der Waals surface area contributed by atoms with Gasteiger partial charge in [0.25, 0.3) is 5.91 Å². The Morgan fingerprint density at radius 2 is 1.81 bits per heavy atom. The topological polar surface area (TPSA) is 42.0 Å². The van der Waals surface area contributed by atoms with Gasteiger partial charge < -0.3 is 5.32 Å². The predicted octanol–water partition coefficient (Wildman–Crippen LogP) is 5.53. The van der Waals surface area contributed by atoms with E-state index in [0.717, 1.165) is 23.5 Å². The van der Waals surface area contributed by atoms with Crippen molar-refractivity contribution < 1.29 is 22.4 Å². The molecule has 2 aromatic carbocycles. The largest absolute Gasteiger partial charge is 0.416 e. The molecule has 3 aromatic rings. The summed E-state index contributed by atoms with van der Waals surface area (Å²) in [5, 5.41) is 2.98. The molecule has 26 heavy (non-hydrogen) atoms. The molecule has 3 nitrogen and oxygen atoms in total. The van der Waals surface area contributed by atoms with Crippen LogP contribution in [0.15, 0.2) is 48.5 Å². The van der Waals surface area contributed by atoms with Gasteiger partial charge in [0.2, 0.25) is 0 Å². The number of alkyl halides is 3. The minimum Gasteiger partial charge on any atom is -0.321 e. The van der Waals surface area contributed by atoms with Crippen LogP contribution in [0.3, 0.4) is 0 Å². The SMILES string of the molecule is Cc1nc(-c2ccc(F)cc2)sc1C(=O)Nc1cccc(C(F)(F)F)c1. The molecule has 0 radical (unpaired) electrons. The number of rotatable bonds is 3. The number of halogens is 4. The van der Waals surface area contributed by atoms with Crippen LogP contribution in [0.4, 0.5) is 23.2 Å². The third-order valence-electron chi connectivity index (χ3n) is 3.54. The molecule has 0 aliphatic heterocycles. The average molecular weight is 380 g/mol. The average Bonchev–Trinajstić information content (AvgIpc) is 2.97. The molecule has 8 heteroatoms. The Balaban J connectivity index is 1.84. The smallest absolute Gasteiger partial charge is 0.321 e. The molecular formula is C18H12F4N2OS. The number of carbonyl (C=O) groups excluding carboxylic acids is 1. The molecule has 0 fully saturated rings. The number of nitrogens with one attached hydrogen (secondary N) is 1. The zero-order valence-electron chi connectivity index (χ0n) is 13.4. The number of nitrogens with zero attached hydrogens (tertiary/aromatic N) is 1. The first-order chi connectivity index (χ1) is 12.2. The third-order valence-corrected chi connectivity index (χ3v) is 4.75. The zero-order chi connectivity index (χ0) is 18.9. The second kappa shape index (κ2) is 6.87. The molecule has 0 bridgehead atoms. The number of thiazole rings is 1. The molecular weight excluding hydrogens is 368 g/mol. The van der Waals surface area contributed by atoms with Crippen molar-refractivity contribution in [2.75, 3.05) is 5.32 Å². The lowest BCUT2D eigenvalue weighted by Gasteiger charge is -2.09. The Morgan fingerprint density at radius 1 is 1.12 bits per heavy atom. The number of benzene rings is 2. The number of hydrogen-bond acceptors (Lipinski definition) is 3. The van der Waals surface area contributed by atoms with Gasteiger partial charge in [0, 0.05) is 11.3 Å². The maximum atomic E-state index is 13.0. The van der Waals surface area contributed by atoms with Crippen molar-refractivity contribution in [1.82, 2.24) is 4.98 Å². The summed E-state index contributed by atoms with van der Waals surface area (Å²) in [6.07, 6.45) is -4.49. The zero-order valence-corrected chi connectivity index (χ0v) is 14.2. The Kier molecular flexibility index (Phi) is 4.78. The molecule has 1 N–H and O–H groups in total. The Hall–Kier alpha value is -2.74. The number of hydrogen-bond donors (Lipinski definition) is 1. The van der Waals surface area contributed by atoms with Gasteiger partial charge in [-0.15, -0.1) is 11.3 Å². The van der Waals surface area contributed by atoms with Crippen LogP contribution in [0.25, 0.3) is 10.6 Å². The van der Waals surface area contributed by atoms with Gasteiger partial charge in [-0.3, -0.25) is 4.79 Å². The summed E-state index contributed by atoms with van der Waals surface area (Å²) < 4.78 is 51.3. The molecule has 0 atom stereocenters. The van der Waals surface area contributed by atoms with Gasteiger partial charge in [0.1, 0.15) is 15.7 Å². The first-order valence-electron chi connectivity index (χ1n) is 7.46. The van der Waals surface area contributed by atoms with E-state index in [9.17, 15) is 22.4 Å². The minimum absolute atomic E-state index is 0.0426. The van der Waals surface area contributed by atoms with Crippen LogP contribution in [-0.4, -0.2) is 10.9 Å². The van der Waals surface area contributed by atoms with Gasteiger partial charge in [0.05, 0.1) is 11.3 Å². The van der Waals surface area contributed by atoms with Crippen LogP contribution >= 0.6 is 11.3 Å². The molecule has 0 unspecified atom stereocenters. The third kappa shape index (κ3) is 3.91. The van der Waals surface area contributed by atoms with Crippen molar-refractivity contribution in [3.05, 3.63) is 70.5 Å². The van der Waals surface area contributed by atoms with Crippen LogP contribution in [0, 0.1) is 12.7 Å². The fraction of sp³-hybridized carbons (Fsp3) is 0.111. The van der Waals surface area contributed by atoms with Crippen molar-refractivity contribution in [2.45, 2.75) is 13.1 Å². The van der Waals surface area contributed by atoms with E-state index in [4.69, 9.17) is 0 Å². The van der Waals surface area contributed by atoms with Crippen molar-refractivity contribution in [2.24, 2.45) is 0 Å². The molecule has 1 heterocycles. The summed E-state index contributed by atoms with van der Waals surface area (Å²) in [6, 6.07) is 10.1. The Labute approximate surface area is 150 Å². The first-order valence-corrected chi connectivity index (χ1v) is 8.27. The van der Waals surface area contributed by atoms with E-state index in [2.05, 4.69) is 10.3 Å². The van der Waals surface area contributed by atoms with E-state index in [-0.39, 0.29) is 16.4 Å². The number of aromatic nitrogens is 1. The molecule has 134 valence electrons. The molecule has 0 saturated carbocycles. The number of aryl methyl sites for hydroxylation is 1. The Morgan fingerprint density at radius 3 is 2.46 bits per heavy atom. The van der Waals surface area contributed by atoms with Gasteiger partial charge in [0.15, 0.2) is 0 Å². The lowest BCUT2D eigenvalue weighted by Crippen LogP contribution is -2.13. The highest BCUT2D eigenvalue weighted by Crippen LogP contribution is 2.32. The van der Waals surface area contributed by atoms with Crippen molar-refractivity contribution in [1.29, 1.82) is 0 Å². The fourth-order valence-electron chi connectivity index (χ4n) is 2.28. The first kappa shape index (κ1) is 18.1. The quantitative estimate of drug-likeness (QED) is 0.607. The molecule has 0 saturated heterocycles. The minimum atomic E-state index is -4.49. The van der Waals surface area contributed by atoms with Gasteiger partial charge in [-0.05, 0) is 49.4 Å². The molecule has 3 rings (SSSR count). The van der Waals surface area contributed by atoms with Crippen LogP contribution in [-0.2, 0) is 6.18 Å². The summed E-state index contributed by atoms with van der Waals surface area (Å²) in [5.41, 5.74) is 0.292. The van der Waals surface area contributed by atoms with Gasteiger partial charge >= 0.3 is 6.18 Å². The van der Waals surface area contributed by atoms with E-state index in [0.29, 0.717) is 16.3 Å². The monoisotopic (exact) mass is 380 g/mol. The summed E-state index contributed by atoms with van der Waals surface area (Å²) >= 11 is 1.09. The maximum absolute atomic E-state index is 13.0. The van der Waals surface area contributed by atoms with Gasteiger partial charge in [-0.1, -0.05) is 6.07 Å². The molecule has 0 spiro atoms. The molecule has 0 aliphatic rings. The van der Waals surface area contributed by atoms with E-state index in [1.807, 2.05) is 0 Å². The van der Waals surface area contributed by atoms with Gasteiger partial charge in [-0.2, -0.15) is 13.2 Å². The number of amides is 1. The number of anilines is 1. The molecule has 1 aromatic heterocycles. The summed E-state index contributed by atoms with van der Waals surface area (Å²) in [6.45, 7) is 1.63. The predicted molar refractivity (Wildman–Crippen MR) is 91.6 cm³/mol. The number of carbonyl (C=O) groups is 1. The van der Waals surface area contributed by atoms with Crippen LogP contribution in [0.5, 0.6) is 0 Å². The fourth-order valence-corrected chi connectivity index (χ4v) is 3.25. The van der Waals surface area contributed by atoms with Gasteiger partial charge in [-0.25, -0.2) is 9.37 Å². The standard InChI is InChI=1S/C18H12F4N2OS/c1-10-15(26-17(23-10)11-5-7-13(19)8-6-11)16(25)24-14-4-2-3-12(9-14)18(20,21)22/h2-9H,1H3,(H,24,25). The molecule has 1 amide bonds. The lowest BCUT2D eigenvalue weighted by atomic mass is 10.2. The van der Waals surface area contributed by atoms with E-state index < -0.39 is 17.6 Å². The summed E-state index contributed by atoms with van der Waals surface area (Å²) in [4.78, 5) is 17.0. The van der Waals surface area contributed by atoms with Crippen LogP contribution in [0.2, 0.25) is 0 Å². The lowest BCUT2D eigenvalue weighted by molar-refractivity contribution is -0.137. The molecule has 0 aliphatic carbocycles. The highest BCUT2D eigenvalue weighted by Gasteiger charge is 2.30. The van der Waals surface area contributed by atoms with E-state index in [1.54, 1.807) is 19.1 Å². The maximum Gasteiger partial charge on any atom is 0.416 e. The van der Waals surface area contributed by atoms with Crippen molar-refractivity contribution >= 4 is 22.9 Å². The van der Waals surface area contributed by atoms with E-state index in [1.165, 1.54) is 24.3 Å². The van der Waals surface area contributed by atoms with Crippen molar-refractivity contribution in [3.63, 3.8) is 0 Å². The second-order valence-corrected chi connectivity index (χ2v) is 6.47. The van der Waals surface area contributed by atoms with Crippen LogP contribution < -0.4 is 5.32 Å². The normalized spacial score (nSPS) is 11.4. The second-order valence-electron chi connectivity index (χ2n) is 5.47. The van der Waals surface area contributed by atoms with Crippen molar-refractivity contribution in [3.8, 4) is 10.6 Å². The summed E-state index contributed by atoms with van der Waals surface area (Å²) in [7, 11) is 0. The summed E-state index contributed by atoms with van der Waals surface area (Å²) in [5.74, 6) is -0.933. The highest BCUT2D eigenvalue weighted by molar-refractivity contribution is 7.17. The van der Waals surface area contributed by atoms with Crippen LogP contribution in [0.1, 0.15) is 20.9 Å². The van der Waals surface area contributed by atoms with E-state index >= 15 is 0 Å².